The largest absolute Gasteiger partial charge is 0.496 e. The van der Waals surface area contributed by atoms with Crippen molar-refractivity contribution in [2.75, 3.05) is 12.4 Å². The number of methoxy groups -OCH3 is 1. The minimum absolute atomic E-state index is 0.0856. The van der Waals surface area contributed by atoms with Crippen LogP contribution in [-0.4, -0.2) is 12.2 Å². The molecule has 0 radical (unpaired) electrons. The van der Waals surface area contributed by atoms with Crippen molar-refractivity contribution in [1.82, 2.24) is 5.32 Å². The highest BCUT2D eigenvalue weighted by Crippen LogP contribution is 2.34. The molecule has 0 saturated heterocycles. The van der Waals surface area contributed by atoms with Crippen LogP contribution in [0.1, 0.15) is 11.1 Å². The van der Waals surface area contributed by atoms with Gasteiger partial charge in [0, 0.05) is 12.1 Å². The summed E-state index contributed by atoms with van der Waals surface area (Å²) in [5, 5.41) is 5.56. The van der Waals surface area contributed by atoms with Crippen molar-refractivity contribution in [2.45, 2.75) is 12.7 Å². The molecule has 7 heteroatoms. The highest BCUT2D eigenvalue weighted by molar-refractivity contribution is 7.80. The molecule has 0 aromatic heterocycles. The molecular weight excluding hydrogens is 325 g/mol. The summed E-state index contributed by atoms with van der Waals surface area (Å²) in [5.41, 5.74) is 0.00206. The van der Waals surface area contributed by atoms with Crippen LogP contribution in [-0.2, 0) is 12.7 Å². The lowest BCUT2D eigenvalue weighted by atomic mass is 10.1. The molecule has 3 nitrogen and oxygen atoms in total. The summed E-state index contributed by atoms with van der Waals surface area (Å²) >= 11 is 5.07. The number of para-hydroxylation sites is 2. The first-order chi connectivity index (χ1) is 10.9. The van der Waals surface area contributed by atoms with Crippen LogP contribution in [0.25, 0.3) is 0 Å². The average molecular weight is 340 g/mol. The van der Waals surface area contributed by atoms with Crippen molar-refractivity contribution in [2.24, 2.45) is 0 Å². The maximum atomic E-state index is 12.9. The van der Waals surface area contributed by atoms with E-state index in [4.69, 9.17) is 17.0 Å². The molecule has 0 fully saturated rings. The lowest BCUT2D eigenvalue weighted by molar-refractivity contribution is -0.136. The van der Waals surface area contributed by atoms with Gasteiger partial charge < -0.3 is 15.4 Å². The van der Waals surface area contributed by atoms with Crippen LogP contribution in [0, 0.1) is 0 Å². The third-order valence-electron chi connectivity index (χ3n) is 3.11. The highest BCUT2D eigenvalue weighted by atomic mass is 32.1. The highest BCUT2D eigenvalue weighted by Gasteiger charge is 2.33. The lowest BCUT2D eigenvalue weighted by Gasteiger charge is -2.16. The zero-order chi connectivity index (χ0) is 16.9. The number of ether oxygens (including phenoxy) is 1. The Hall–Kier alpha value is -2.28. The van der Waals surface area contributed by atoms with E-state index in [1.54, 1.807) is 13.2 Å². The monoisotopic (exact) mass is 340 g/mol. The zero-order valence-corrected chi connectivity index (χ0v) is 13.1. The molecule has 0 aliphatic rings. The van der Waals surface area contributed by atoms with Gasteiger partial charge in [0.05, 0.1) is 18.4 Å². The summed E-state index contributed by atoms with van der Waals surface area (Å²) in [4.78, 5) is 0. The van der Waals surface area contributed by atoms with Crippen molar-refractivity contribution in [3.05, 3.63) is 59.7 Å². The van der Waals surface area contributed by atoms with Gasteiger partial charge in [-0.3, -0.25) is 0 Å². The number of rotatable bonds is 4. The molecule has 2 aromatic rings. The van der Waals surface area contributed by atoms with E-state index in [1.807, 2.05) is 18.2 Å². The Morgan fingerprint density at radius 1 is 1.09 bits per heavy atom. The van der Waals surface area contributed by atoms with E-state index in [2.05, 4.69) is 10.6 Å². The van der Waals surface area contributed by atoms with Crippen LogP contribution >= 0.6 is 12.2 Å². The Bertz CT molecular complexity index is 689. The second kappa shape index (κ2) is 7.32. The van der Waals surface area contributed by atoms with Gasteiger partial charge in [-0.25, -0.2) is 0 Å². The van der Waals surface area contributed by atoms with Gasteiger partial charge in [0.15, 0.2) is 5.11 Å². The second-order valence-electron chi connectivity index (χ2n) is 4.66. The first-order valence-corrected chi connectivity index (χ1v) is 7.15. The molecule has 0 bridgehead atoms. The predicted molar refractivity (Wildman–Crippen MR) is 87.5 cm³/mol. The van der Waals surface area contributed by atoms with E-state index in [0.29, 0.717) is 12.3 Å². The molecule has 0 atom stereocenters. The molecule has 0 heterocycles. The van der Waals surface area contributed by atoms with Crippen LogP contribution in [0.2, 0.25) is 0 Å². The molecule has 0 amide bonds. The Morgan fingerprint density at radius 2 is 1.74 bits per heavy atom. The van der Waals surface area contributed by atoms with Gasteiger partial charge in [-0.2, -0.15) is 13.2 Å². The molecular formula is C16H15F3N2OS. The number of alkyl halides is 3. The summed E-state index contributed by atoms with van der Waals surface area (Å²) in [6.45, 7) is 0.337. The molecule has 0 aliphatic carbocycles. The zero-order valence-electron chi connectivity index (χ0n) is 12.3. The molecule has 2 N–H and O–H groups in total. The van der Waals surface area contributed by atoms with E-state index in [1.165, 1.54) is 18.2 Å². The molecule has 122 valence electrons. The standard InChI is InChI=1S/C16H15F3N2OS/c1-22-14-9-5-2-6-11(14)10-20-15(23)21-13-8-4-3-7-12(13)16(17,18)19/h2-9H,10H2,1H3,(H2,20,21,23). The van der Waals surface area contributed by atoms with Crippen LogP contribution in [0.4, 0.5) is 18.9 Å². The van der Waals surface area contributed by atoms with Crippen molar-refractivity contribution >= 4 is 23.0 Å². The molecule has 0 saturated carbocycles. The summed E-state index contributed by atoms with van der Waals surface area (Å²) in [5.74, 6) is 0.679. The summed E-state index contributed by atoms with van der Waals surface area (Å²) in [6, 6.07) is 12.5. The van der Waals surface area contributed by atoms with Crippen molar-refractivity contribution in [3.63, 3.8) is 0 Å². The van der Waals surface area contributed by atoms with E-state index in [9.17, 15) is 13.2 Å². The van der Waals surface area contributed by atoms with Gasteiger partial charge in [-0.1, -0.05) is 30.3 Å². The SMILES string of the molecule is COc1ccccc1CNC(=S)Nc1ccccc1C(F)(F)F. The van der Waals surface area contributed by atoms with Gasteiger partial charge in [0.25, 0.3) is 0 Å². The smallest absolute Gasteiger partial charge is 0.418 e. The molecule has 2 rings (SSSR count). The normalized spacial score (nSPS) is 11.0. The summed E-state index contributed by atoms with van der Waals surface area (Å²) in [6.07, 6.45) is -4.44. The minimum atomic E-state index is -4.44. The topological polar surface area (TPSA) is 33.3 Å². The van der Waals surface area contributed by atoms with Crippen LogP contribution in [0.3, 0.4) is 0 Å². The maximum absolute atomic E-state index is 12.9. The Morgan fingerprint density at radius 3 is 2.43 bits per heavy atom. The Kier molecular flexibility index (Phi) is 5.44. The van der Waals surface area contributed by atoms with E-state index in [0.717, 1.165) is 11.6 Å². The average Bonchev–Trinajstić information content (AvgIpc) is 2.52. The fourth-order valence-electron chi connectivity index (χ4n) is 2.03. The van der Waals surface area contributed by atoms with Gasteiger partial charge in [0.1, 0.15) is 5.75 Å². The second-order valence-corrected chi connectivity index (χ2v) is 5.07. The van der Waals surface area contributed by atoms with Crippen molar-refractivity contribution in [1.29, 1.82) is 0 Å². The number of nitrogens with one attached hydrogen (secondary N) is 2. The number of hydrogen-bond acceptors (Lipinski definition) is 2. The quantitative estimate of drug-likeness (QED) is 0.818. The van der Waals surface area contributed by atoms with Crippen LogP contribution < -0.4 is 15.4 Å². The predicted octanol–water partition coefficient (Wildman–Crippen LogP) is 4.20. The van der Waals surface area contributed by atoms with E-state index < -0.39 is 11.7 Å². The number of halogens is 3. The summed E-state index contributed by atoms with van der Waals surface area (Å²) < 4.78 is 44.0. The van der Waals surface area contributed by atoms with Crippen molar-refractivity contribution in [3.8, 4) is 5.75 Å². The van der Waals surface area contributed by atoms with Gasteiger partial charge in [0.2, 0.25) is 0 Å². The number of thiocarbonyl (C=S) groups is 1. The Balaban J connectivity index is 2.04. The molecule has 0 aliphatic heterocycles. The first kappa shape index (κ1) is 17.1. The third kappa shape index (κ3) is 4.59. The lowest BCUT2D eigenvalue weighted by Crippen LogP contribution is -2.29. The number of anilines is 1. The number of hydrogen-bond donors (Lipinski definition) is 2. The fourth-order valence-corrected chi connectivity index (χ4v) is 2.21. The molecule has 0 unspecified atom stereocenters. The summed E-state index contributed by atoms with van der Waals surface area (Å²) in [7, 11) is 1.55. The molecule has 0 spiro atoms. The van der Waals surface area contributed by atoms with Crippen LogP contribution in [0.15, 0.2) is 48.5 Å². The van der Waals surface area contributed by atoms with E-state index >= 15 is 0 Å². The van der Waals surface area contributed by atoms with E-state index in [-0.39, 0.29) is 10.8 Å². The third-order valence-corrected chi connectivity index (χ3v) is 3.36. The molecule has 2 aromatic carbocycles. The van der Waals surface area contributed by atoms with Gasteiger partial charge in [-0.05, 0) is 30.4 Å². The van der Waals surface area contributed by atoms with Gasteiger partial charge >= 0.3 is 6.18 Å². The maximum Gasteiger partial charge on any atom is 0.418 e. The van der Waals surface area contributed by atoms with Crippen molar-refractivity contribution < 1.29 is 17.9 Å². The molecule has 23 heavy (non-hydrogen) atoms. The number of benzene rings is 2. The minimum Gasteiger partial charge on any atom is -0.496 e. The fraction of sp³-hybridized carbons (Fsp3) is 0.188. The van der Waals surface area contributed by atoms with Crippen LogP contribution in [0.5, 0.6) is 5.75 Å². The van der Waals surface area contributed by atoms with Gasteiger partial charge in [-0.15, -0.1) is 0 Å². The first-order valence-electron chi connectivity index (χ1n) is 6.75. The Labute approximate surface area is 137 Å².